The fourth-order valence-corrected chi connectivity index (χ4v) is 4.19. The zero-order valence-electron chi connectivity index (χ0n) is 9.77. The molecule has 0 saturated carbocycles. The van der Waals surface area contributed by atoms with Crippen molar-refractivity contribution in [3.63, 3.8) is 0 Å². The van der Waals surface area contributed by atoms with Crippen molar-refractivity contribution in [3.8, 4) is 0 Å². The molecule has 0 radical (unpaired) electrons. The molecular weight excluding hydrogens is 207 g/mol. The number of benzene rings is 1. The van der Waals surface area contributed by atoms with Crippen LogP contribution in [0.15, 0.2) is 30.3 Å². The van der Waals surface area contributed by atoms with Crippen LogP contribution < -0.4 is 5.30 Å². The first-order chi connectivity index (χ1) is 7.29. The Bertz CT molecular complexity index is 268. The van der Waals surface area contributed by atoms with Crippen LogP contribution in [0.5, 0.6) is 0 Å². The van der Waals surface area contributed by atoms with E-state index in [0.29, 0.717) is 13.2 Å². The first-order valence-electron chi connectivity index (χ1n) is 5.51. The summed E-state index contributed by atoms with van der Waals surface area (Å²) >= 11 is 0. The van der Waals surface area contributed by atoms with Gasteiger partial charge in [0.1, 0.15) is 6.16 Å². The second-order valence-corrected chi connectivity index (χ2v) is 6.17. The molecule has 3 heteroatoms. The average Bonchev–Trinajstić information content (AvgIpc) is 2.30. The first kappa shape index (κ1) is 12.6. The lowest BCUT2D eigenvalue weighted by molar-refractivity contribution is 0.258. The summed E-state index contributed by atoms with van der Waals surface area (Å²) in [6, 6.07) is 10.3. The summed E-state index contributed by atoms with van der Waals surface area (Å²) in [4.78, 5) is 0. The number of hydrogen-bond acceptors (Lipinski definition) is 2. The molecule has 0 bridgehead atoms. The Hall–Kier alpha value is -0.430. The van der Waals surface area contributed by atoms with Crippen molar-refractivity contribution in [2.75, 3.05) is 19.4 Å². The Balaban J connectivity index is 2.97. The monoisotopic (exact) mass is 227 g/mol. The maximum Gasteiger partial charge on any atom is 0.306 e. The van der Waals surface area contributed by atoms with Crippen molar-refractivity contribution in [2.45, 2.75) is 20.8 Å². The highest BCUT2D eigenvalue weighted by atomic mass is 31.2. The maximum absolute atomic E-state index is 5.89. The van der Waals surface area contributed by atoms with E-state index in [-0.39, 0.29) is 0 Å². The summed E-state index contributed by atoms with van der Waals surface area (Å²) in [5.74, 6) is 0. The molecule has 1 aromatic rings. The highest BCUT2D eigenvalue weighted by Crippen LogP contribution is 2.59. The lowest BCUT2D eigenvalue weighted by atomic mass is 10.4. The highest BCUT2D eigenvalue weighted by Gasteiger charge is 2.42. The van der Waals surface area contributed by atoms with Crippen molar-refractivity contribution < 1.29 is 9.05 Å². The third kappa shape index (κ3) is 3.01. The smallest absolute Gasteiger partial charge is 0.201 e. The summed E-state index contributed by atoms with van der Waals surface area (Å²) in [7, 11) is -1.83. The van der Waals surface area contributed by atoms with Crippen molar-refractivity contribution in [3.05, 3.63) is 30.3 Å². The summed E-state index contributed by atoms with van der Waals surface area (Å²) in [5, 5.41) is 1.20. The van der Waals surface area contributed by atoms with Gasteiger partial charge in [0.05, 0.1) is 13.2 Å². The van der Waals surface area contributed by atoms with Crippen LogP contribution in [0.3, 0.4) is 0 Å². The Morgan fingerprint density at radius 1 is 0.933 bits per heavy atom. The molecule has 0 aliphatic carbocycles. The third-order valence-electron chi connectivity index (χ3n) is 2.24. The quantitative estimate of drug-likeness (QED) is 0.694. The third-order valence-corrected chi connectivity index (χ3v) is 5.51. The van der Waals surface area contributed by atoms with Crippen molar-refractivity contribution in [1.82, 2.24) is 0 Å². The zero-order chi connectivity index (χ0) is 11.1. The molecule has 1 rings (SSSR count). The largest absolute Gasteiger partial charge is 0.306 e. The van der Waals surface area contributed by atoms with E-state index in [0.717, 1.165) is 6.16 Å². The van der Waals surface area contributed by atoms with Crippen LogP contribution in [0.2, 0.25) is 0 Å². The molecule has 1 aromatic carbocycles. The van der Waals surface area contributed by atoms with Gasteiger partial charge in [-0.25, -0.2) is 9.05 Å². The van der Waals surface area contributed by atoms with Gasteiger partial charge >= 0.3 is 7.72 Å². The molecule has 0 heterocycles. The average molecular weight is 227 g/mol. The molecule has 0 saturated heterocycles. The van der Waals surface area contributed by atoms with Crippen LogP contribution in [-0.2, 0) is 9.05 Å². The van der Waals surface area contributed by atoms with Gasteiger partial charge in [-0.3, -0.25) is 0 Å². The van der Waals surface area contributed by atoms with Crippen molar-refractivity contribution in [1.29, 1.82) is 0 Å². The van der Waals surface area contributed by atoms with E-state index < -0.39 is 7.72 Å². The minimum absolute atomic E-state index is 0.705. The molecule has 0 N–H and O–H groups in total. The highest BCUT2D eigenvalue weighted by molar-refractivity contribution is 7.74. The predicted molar refractivity (Wildman–Crippen MR) is 66.8 cm³/mol. The van der Waals surface area contributed by atoms with E-state index in [9.17, 15) is 0 Å². The fourth-order valence-electron chi connectivity index (χ4n) is 1.62. The maximum atomic E-state index is 5.89. The van der Waals surface area contributed by atoms with Crippen LogP contribution in [-0.4, -0.2) is 19.4 Å². The van der Waals surface area contributed by atoms with Gasteiger partial charge in [0, 0.05) is 0 Å². The SMILES string of the molecule is CCO[P+](CC)(OCC)c1ccccc1. The molecule has 0 spiro atoms. The van der Waals surface area contributed by atoms with E-state index in [4.69, 9.17) is 9.05 Å². The van der Waals surface area contributed by atoms with Gasteiger partial charge in [0.2, 0.25) is 0 Å². The Morgan fingerprint density at radius 3 is 1.87 bits per heavy atom. The Labute approximate surface area is 93.1 Å². The molecule has 0 fully saturated rings. The standard InChI is InChI=1S/C12H20O2P/c1-4-13-15(6-3,14-5-2)12-10-8-7-9-11-12/h7-11H,4-6H2,1-3H3/q+1. The molecule has 0 amide bonds. The normalized spacial score (nSPS) is 11.7. The minimum atomic E-state index is -1.83. The molecule has 84 valence electrons. The van der Waals surface area contributed by atoms with Gasteiger partial charge in [-0.15, -0.1) is 0 Å². The van der Waals surface area contributed by atoms with E-state index in [1.807, 2.05) is 32.0 Å². The van der Waals surface area contributed by atoms with E-state index >= 15 is 0 Å². The van der Waals surface area contributed by atoms with E-state index in [1.54, 1.807) is 0 Å². The Morgan fingerprint density at radius 2 is 1.47 bits per heavy atom. The second kappa shape index (κ2) is 6.22. The van der Waals surface area contributed by atoms with Crippen LogP contribution in [0, 0.1) is 0 Å². The zero-order valence-corrected chi connectivity index (χ0v) is 10.7. The topological polar surface area (TPSA) is 18.5 Å². The van der Waals surface area contributed by atoms with Gasteiger partial charge in [0.25, 0.3) is 0 Å². The summed E-state index contributed by atoms with van der Waals surface area (Å²) in [6.45, 7) is 7.58. The van der Waals surface area contributed by atoms with Gasteiger partial charge < -0.3 is 0 Å². The lowest BCUT2D eigenvalue weighted by Gasteiger charge is -2.21. The van der Waals surface area contributed by atoms with Crippen molar-refractivity contribution >= 4 is 13.0 Å². The predicted octanol–water partition coefficient (Wildman–Crippen LogP) is 3.25. The minimum Gasteiger partial charge on any atom is -0.201 e. The molecular formula is C12H20O2P+. The summed E-state index contributed by atoms with van der Waals surface area (Å²) in [5.41, 5.74) is 0. The van der Waals surface area contributed by atoms with Crippen LogP contribution >= 0.6 is 7.72 Å². The van der Waals surface area contributed by atoms with Gasteiger partial charge in [-0.2, -0.15) is 0 Å². The lowest BCUT2D eigenvalue weighted by Crippen LogP contribution is -2.18. The van der Waals surface area contributed by atoms with Crippen LogP contribution in [0.1, 0.15) is 20.8 Å². The molecule has 15 heavy (non-hydrogen) atoms. The summed E-state index contributed by atoms with van der Waals surface area (Å²) in [6.07, 6.45) is 0.929. The molecule has 0 aromatic heterocycles. The second-order valence-electron chi connectivity index (χ2n) is 3.16. The molecule has 2 nitrogen and oxygen atoms in total. The van der Waals surface area contributed by atoms with Crippen LogP contribution in [0.4, 0.5) is 0 Å². The molecule has 0 atom stereocenters. The van der Waals surface area contributed by atoms with Gasteiger partial charge in [-0.1, -0.05) is 18.2 Å². The molecule has 0 aliphatic rings. The van der Waals surface area contributed by atoms with E-state index in [1.165, 1.54) is 5.30 Å². The van der Waals surface area contributed by atoms with Crippen LogP contribution in [0.25, 0.3) is 0 Å². The Kier molecular flexibility index (Phi) is 5.24. The first-order valence-corrected chi connectivity index (χ1v) is 7.32. The fraction of sp³-hybridized carbons (Fsp3) is 0.500. The summed E-state index contributed by atoms with van der Waals surface area (Å²) < 4.78 is 11.8. The van der Waals surface area contributed by atoms with Crippen molar-refractivity contribution in [2.24, 2.45) is 0 Å². The van der Waals surface area contributed by atoms with Gasteiger partial charge in [-0.05, 0) is 32.9 Å². The number of hydrogen-bond donors (Lipinski definition) is 0. The number of rotatable bonds is 6. The van der Waals surface area contributed by atoms with E-state index in [2.05, 4.69) is 19.1 Å². The molecule has 0 aliphatic heterocycles. The molecule has 0 unspecified atom stereocenters. The van der Waals surface area contributed by atoms with Gasteiger partial charge in [0.15, 0.2) is 5.30 Å².